The molecular weight excluding hydrogens is 305 g/mol. The lowest BCUT2D eigenvalue weighted by Crippen LogP contribution is -2.42. The summed E-state index contributed by atoms with van der Waals surface area (Å²) in [5, 5.41) is 12.6. The van der Waals surface area contributed by atoms with Crippen molar-refractivity contribution < 1.29 is 14.3 Å². The van der Waals surface area contributed by atoms with E-state index in [2.05, 4.69) is 5.32 Å². The molecule has 5 heteroatoms. The Morgan fingerprint density at radius 3 is 2.59 bits per heavy atom. The fraction of sp³-hybridized carbons (Fsp3) is 0.235. The molecule has 0 radical (unpaired) electrons. The zero-order valence-corrected chi connectivity index (χ0v) is 12.8. The molecule has 2 atom stereocenters. The van der Waals surface area contributed by atoms with Gasteiger partial charge in [0, 0.05) is 6.42 Å². The molecule has 0 saturated heterocycles. The van der Waals surface area contributed by atoms with Gasteiger partial charge in [-0.2, -0.15) is 0 Å². The normalized spacial score (nSPS) is 13.5. The molecule has 0 aromatic heterocycles. The second kappa shape index (κ2) is 7.38. The number of halogens is 2. The van der Waals surface area contributed by atoms with Gasteiger partial charge in [-0.1, -0.05) is 48.0 Å². The van der Waals surface area contributed by atoms with E-state index in [0.29, 0.717) is 6.42 Å². The van der Waals surface area contributed by atoms with Gasteiger partial charge in [0.25, 0.3) is 5.91 Å². The minimum Gasteiger partial charge on any atom is -0.391 e. The van der Waals surface area contributed by atoms with Crippen molar-refractivity contribution in [2.45, 2.75) is 25.5 Å². The Morgan fingerprint density at radius 2 is 1.91 bits per heavy atom. The monoisotopic (exact) mass is 321 g/mol. The zero-order valence-electron chi connectivity index (χ0n) is 12.1. The summed E-state index contributed by atoms with van der Waals surface area (Å²) < 4.78 is 13.8. The van der Waals surface area contributed by atoms with Crippen molar-refractivity contribution in [1.29, 1.82) is 0 Å². The van der Waals surface area contributed by atoms with Crippen LogP contribution in [-0.4, -0.2) is 23.2 Å². The van der Waals surface area contributed by atoms with Crippen molar-refractivity contribution in [2.24, 2.45) is 0 Å². The van der Waals surface area contributed by atoms with Crippen molar-refractivity contribution in [3.05, 3.63) is 70.5 Å². The summed E-state index contributed by atoms with van der Waals surface area (Å²) in [4.78, 5) is 12.1. The Bertz CT molecular complexity index is 648. The number of hydrogen-bond donors (Lipinski definition) is 2. The fourth-order valence-corrected chi connectivity index (χ4v) is 2.27. The molecule has 0 bridgehead atoms. The number of rotatable bonds is 5. The number of benzene rings is 2. The fourth-order valence-electron chi connectivity index (χ4n) is 2.09. The lowest BCUT2D eigenvalue weighted by Gasteiger charge is -2.20. The van der Waals surface area contributed by atoms with Crippen molar-refractivity contribution in [3.63, 3.8) is 0 Å². The highest BCUT2D eigenvalue weighted by molar-refractivity contribution is 6.31. The molecule has 22 heavy (non-hydrogen) atoms. The van der Waals surface area contributed by atoms with Crippen LogP contribution in [0, 0.1) is 5.82 Å². The van der Waals surface area contributed by atoms with E-state index < -0.39 is 23.9 Å². The molecule has 0 spiro atoms. The summed E-state index contributed by atoms with van der Waals surface area (Å²) in [6, 6.07) is 13.2. The van der Waals surface area contributed by atoms with E-state index >= 15 is 0 Å². The number of aliphatic hydroxyl groups is 1. The molecule has 116 valence electrons. The predicted octanol–water partition coefficient (Wildman–Crippen LogP) is 3.20. The summed E-state index contributed by atoms with van der Waals surface area (Å²) in [6.45, 7) is 1.67. The highest BCUT2D eigenvalue weighted by atomic mass is 35.5. The van der Waals surface area contributed by atoms with E-state index in [9.17, 15) is 14.3 Å². The lowest BCUT2D eigenvalue weighted by atomic mass is 10.0. The maximum Gasteiger partial charge on any atom is 0.254 e. The Labute approximate surface area is 133 Å². The van der Waals surface area contributed by atoms with Gasteiger partial charge in [-0.3, -0.25) is 4.79 Å². The molecule has 1 amide bonds. The Kier molecular flexibility index (Phi) is 5.52. The summed E-state index contributed by atoms with van der Waals surface area (Å²) >= 11 is 5.66. The highest BCUT2D eigenvalue weighted by Gasteiger charge is 2.20. The lowest BCUT2D eigenvalue weighted by molar-refractivity contribution is 0.0848. The SMILES string of the molecule is CC(NC(=O)c1cccc(Cl)c1F)C(O)Cc1ccccc1. The van der Waals surface area contributed by atoms with Crippen LogP contribution in [0.1, 0.15) is 22.8 Å². The molecule has 0 aliphatic carbocycles. The van der Waals surface area contributed by atoms with E-state index in [1.54, 1.807) is 6.92 Å². The second-order valence-corrected chi connectivity index (χ2v) is 5.53. The molecule has 0 aliphatic heterocycles. The minimum atomic E-state index is -0.770. The summed E-state index contributed by atoms with van der Waals surface area (Å²) in [5.41, 5.74) is 0.830. The molecule has 0 aliphatic rings. The van der Waals surface area contributed by atoms with Gasteiger partial charge in [-0.05, 0) is 24.6 Å². The van der Waals surface area contributed by atoms with Gasteiger partial charge >= 0.3 is 0 Å². The first-order valence-electron chi connectivity index (χ1n) is 6.96. The molecule has 2 unspecified atom stereocenters. The van der Waals surface area contributed by atoms with Crippen LogP contribution < -0.4 is 5.32 Å². The molecule has 2 rings (SSSR count). The van der Waals surface area contributed by atoms with Crippen molar-refractivity contribution in [1.82, 2.24) is 5.32 Å². The molecule has 0 saturated carbocycles. The number of carbonyl (C=O) groups excluding carboxylic acids is 1. The Morgan fingerprint density at radius 1 is 1.23 bits per heavy atom. The number of aliphatic hydroxyl groups excluding tert-OH is 1. The highest BCUT2D eigenvalue weighted by Crippen LogP contribution is 2.18. The van der Waals surface area contributed by atoms with Crippen LogP contribution in [0.2, 0.25) is 5.02 Å². The maximum atomic E-state index is 13.8. The van der Waals surface area contributed by atoms with Gasteiger partial charge < -0.3 is 10.4 Å². The smallest absolute Gasteiger partial charge is 0.254 e. The van der Waals surface area contributed by atoms with Crippen molar-refractivity contribution in [3.8, 4) is 0 Å². The van der Waals surface area contributed by atoms with Crippen LogP contribution in [0.15, 0.2) is 48.5 Å². The second-order valence-electron chi connectivity index (χ2n) is 5.12. The molecular formula is C17H17ClFNO2. The first-order chi connectivity index (χ1) is 10.5. The summed E-state index contributed by atoms with van der Waals surface area (Å²) in [7, 11) is 0. The Hall–Kier alpha value is -1.91. The molecule has 0 heterocycles. The Balaban J connectivity index is 2.00. The quantitative estimate of drug-likeness (QED) is 0.888. The average Bonchev–Trinajstić information content (AvgIpc) is 2.50. The number of amides is 1. The van der Waals surface area contributed by atoms with Gasteiger partial charge in [-0.15, -0.1) is 0 Å². The third-order valence-corrected chi connectivity index (χ3v) is 3.71. The first-order valence-corrected chi connectivity index (χ1v) is 7.33. The predicted molar refractivity (Wildman–Crippen MR) is 84.5 cm³/mol. The third-order valence-electron chi connectivity index (χ3n) is 3.42. The standard InChI is InChI=1S/C17H17ClFNO2/c1-11(15(21)10-12-6-3-2-4-7-12)20-17(22)13-8-5-9-14(18)16(13)19/h2-9,11,15,21H,10H2,1H3,(H,20,22). The van der Waals surface area contributed by atoms with Crippen LogP contribution in [0.4, 0.5) is 4.39 Å². The van der Waals surface area contributed by atoms with Crippen LogP contribution in [0.3, 0.4) is 0 Å². The van der Waals surface area contributed by atoms with Gasteiger partial charge in [0.1, 0.15) is 0 Å². The molecule has 3 nitrogen and oxygen atoms in total. The topological polar surface area (TPSA) is 49.3 Å². The van der Waals surface area contributed by atoms with Gasteiger partial charge in [0.15, 0.2) is 5.82 Å². The van der Waals surface area contributed by atoms with E-state index in [-0.39, 0.29) is 10.6 Å². The van der Waals surface area contributed by atoms with Crippen LogP contribution in [0.5, 0.6) is 0 Å². The van der Waals surface area contributed by atoms with Crippen LogP contribution in [-0.2, 0) is 6.42 Å². The number of carbonyl (C=O) groups is 1. The molecule has 0 fully saturated rings. The van der Waals surface area contributed by atoms with Gasteiger partial charge in [-0.25, -0.2) is 4.39 Å². The summed E-state index contributed by atoms with van der Waals surface area (Å²) in [6.07, 6.45) is -0.367. The van der Waals surface area contributed by atoms with Gasteiger partial charge in [0.2, 0.25) is 0 Å². The van der Waals surface area contributed by atoms with Crippen LogP contribution >= 0.6 is 11.6 Å². The average molecular weight is 322 g/mol. The largest absolute Gasteiger partial charge is 0.391 e. The number of nitrogens with one attached hydrogen (secondary N) is 1. The van der Waals surface area contributed by atoms with Crippen molar-refractivity contribution >= 4 is 17.5 Å². The summed E-state index contributed by atoms with van der Waals surface area (Å²) in [5.74, 6) is -1.36. The van der Waals surface area contributed by atoms with E-state index in [4.69, 9.17) is 11.6 Å². The molecule has 2 aromatic rings. The third kappa shape index (κ3) is 4.06. The van der Waals surface area contributed by atoms with E-state index in [1.807, 2.05) is 30.3 Å². The molecule has 2 aromatic carbocycles. The van der Waals surface area contributed by atoms with E-state index in [0.717, 1.165) is 5.56 Å². The van der Waals surface area contributed by atoms with E-state index in [1.165, 1.54) is 18.2 Å². The number of hydrogen-bond acceptors (Lipinski definition) is 2. The molecule has 2 N–H and O–H groups in total. The first kappa shape index (κ1) is 16.5. The van der Waals surface area contributed by atoms with Crippen LogP contribution in [0.25, 0.3) is 0 Å². The zero-order chi connectivity index (χ0) is 16.1. The van der Waals surface area contributed by atoms with Crippen molar-refractivity contribution in [2.75, 3.05) is 0 Å². The maximum absolute atomic E-state index is 13.8. The van der Waals surface area contributed by atoms with Gasteiger partial charge in [0.05, 0.1) is 22.7 Å². The minimum absolute atomic E-state index is 0.106.